The van der Waals surface area contributed by atoms with Crippen molar-refractivity contribution in [2.24, 2.45) is 0 Å². The summed E-state index contributed by atoms with van der Waals surface area (Å²) >= 11 is 13.8. The third-order valence-corrected chi connectivity index (χ3v) is 9.11. The van der Waals surface area contributed by atoms with Crippen molar-refractivity contribution in [3.8, 4) is 38.6 Å². The van der Waals surface area contributed by atoms with Crippen LogP contribution < -0.4 is 10.6 Å². The number of aromatic nitrogens is 3. The van der Waals surface area contributed by atoms with Gasteiger partial charge >= 0.3 is 0 Å². The van der Waals surface area contributed by atoms with Crippen LogP contribution in [0.2, 0.25) is 10.0 Å². The van der Waals surface area contributed by atoms with Gasteiger partial charge in [0.2, 0.25) is 5.91 Å². The lowest BCUT2D eigenvalue weighted by molar-refractivity contribution is -0.122. The fourth-order valence-corrected chi connectivity index (χ4v) is 6.14. The van der Waals surface area contributed by atoms with E-state index in [4.69, 9.17) is 28.3 Å². The molecule has 0 saturated heterocycles. The Morgan fingerprint density at radius 1 is 0.844 bits per heavy atom. The van der Waals surface area contributed by atoms with Crippen molar-refractivity contribution < 1.29 is 9.59 Å². The molecule has 0 radical (unpaired) electrons. The predicted octanol–water partition coefficient (Wildman–Crippen LogP) is 7.72. The summed E-state index contributed by atoms with van der Waals surface area (Å²) in [4.78, 5) is 31.8. The van der Waals surface area contributed by atoms with Gasteiger partial charge in [0.25, 0.3) is 5.91 Å². The average molecular weight is 653 g/mol. The van der Waals surface area contributed by atoms with Crippen LogP contribution >= 0.6 is 34.5 Å². The molecule has 0 fully saturated rings. The maximum absolute atomic E-state index is 13.5. The van der Waals surface area contributed by atoms with Crippen LogP contribution in [0.5, 0.6) is 0 Å². The Bertz CT molecular complexity index is 1960. The van der Waals surface area contributed by atoms with Gasteiger partial charge in [0.15, 0.2) is 0 Å². The number of likely N-dealkylation sites (N-methyl/N-ethyl adjacent to an activating group) is 1. The van der Waals surface area contributed by atoms with Gasteiger partial charge in [0.1, 0.15) is 6.04 Å². The lowest BCUT2D eigenvalue weighted by Gasteiger charge is -2.17. The molecule has 3 aromatic heterocycles. The van der Waals surface area contributed by atoms with Crippen molar-refractivity contribution in [2.75, 3.05) is 7.05 Å². The number of amides is 2. The van der Waals surface area contributed by atoms with Crippen molar-refractivity contribution in [2.45, 2.75) is 12.5 Å². The molecule has 0 aliphatic heterocycles. The van der Waals surface area contributed by atoms with Crippen LogP contribution in [0.15, 0.2) is 116 Å². The molecule has 1 atom stereocenters. The second-order valence-corrected chi connectivity index (χ2v) is 12.1. The summed E-state index contributed by atoms with van der Waals surface area (Å²) < 4.78 is 1.77. The fourth-order valence-electron chi connectivity index (χ4n) is 4.94. The van der Waals surface area contributed by atoms with E-state index in [2.05, 4.69) is 27.8 Å². The Kier molecular flexibility index (Phi) is 9.07. The third kappa shape index (κ3) is 6.83. The van der Waals surface area contributed by atoms with Gasteiger partial charge < -0.3 is 10.6 Å². The van der Waals surface area contributed by atoms with Crippen LogP contribution in [0.1, 0.15) is 15.2 Å². The highest BCUT2D eigenvalue weighted by molar-refractivity contribution is 7.17. The van der Waals surface area contributed by atoms with Crippen LogP contribution in [-0.4, -0.2) is 39.7 Å². The van der Waals surface area contributed by atoms with E-state index in [1.807, 2.05) is 72.8 Å². The van der Waals surface area contributed by atoms with Gasteiger partial charge in [-0.2, -0.15) is 5.10 Å². The van der Waals surface area contributed by atoms with Crippen LogP contribution in [-0.2, 0) is 11.2 Å². The number of thiophene rings is 1. The monoisotopic (exact) mass is 651 g/mol. The Balaban J connectivity index is 1.25. The first-order chi connectivity index (χ1) is 21.9. The van der Waals surface area contributed by atoms with Gasteiger partial charge in [0.05, 0.1) is 36.9 Å². The number of carbonyl (C=O) groups excluding carboxylic acids is 2. The molecule has 0 saturated carbocycles. The number of hydrogen-bond donors (Lipinski definition) is 2. The molecule has 0 aliphatic carbocycles. The maximum atomic E-state index is 13.5. The standard InChI is InChI=1S/C35H27Cl2N5O2S/c1-38-34(43)30(18-22-9-11-24(12-10-22)23-6-3-2-4-7-23)40-35(44)33-16-15-32(45-33)31-20-29(25-8-5-17-39-21-25)41-42(31)26-13-14-27(36)28(37)19-26/h2-17,19-21,30H,18H2,1H3,(H,38,43)(H,40,44). The third-order valence-electron chi connectivity index (χ3n) is 7.27. The van der Waals surface area contributed by atoms with Crippen LogP contribution in [0.3, 0.4) is 0 Å². The molecule has 6 rings (SSSR count). The minimum atomic E-state index is -0.755. The van der Waals surface area contributed by atoms with Gasteiger partial charge in [-0.3, -0.25) is 14.6 Å². The molecule has 3 aromatic carbocycles. The highest BCUT2D eigenvalue weighted by Gasteiger charge is 2.23. The summed E-state index contributed by atoms with van der Waals surface area (Å²) in [6.07, 6.45) is 3.79. The van der Waals surface area contributed by atoms with Crippen LogP contribution in [0.25, 0.3) is 38.6 Å². The van der Waals surface area contributed by atoms with E-state index in [0.717, 1.165) is 32.8 Å². The number of halogens is 2. The second-order valence-electron chi connectivity index (χ2n) is 10.2. The smallest absolute Gasteiger partial charge is 0.262 e. The maximum Gasteiger partial charge on any atom is 0.262 e. The number of pyridine rings is 1. The van der Waals surface area contributed by atoms with Gasteiger partial charge in [-0.1, -0.05) is 77.8 Å². The van der Waals surface area contributed by atoms with E-state index < -0.39 is 6.04 Å². The number of nitrogens with zero attached hydrogens (tertiary/aromatic N) is 3. The first kappa shape index (κ1) is 30.3. The molecule has 2 N–H and O–H groups in total. The van der Waals surface area contributed by atoms with Crippen LogP contribution in [0, 0.1) is 0 Å². The molecule has 0 spiro atoms. The Morgan fingerprint density at radius 3 is 2.31 bits per heavy atom. The normalized spacial score (nSPS) is 11.6. The van der Waals surface area contributed by atoms with E-state index in [0.29, 0.717) is 32.7 Å². The average Bonchev–Trinajstić information content (AvgIpc) is 3.75. The van der Waals surface area contributed by atoms with E-state index in [1.165, 1.54) is 11.3 Å². The molecular weight excluding hydrogens is 625 g/mol. The van der Waals surface area contributed by atoms with Crippen molar-refractivity contribution in [1.82, 2.24) is 25.4 Å². The van der Waals surface area contributed by atoms with Gasteiger partial charge in [-0.25, -0.2) is 4.68 Å². The zero-order chi connectivity index (χ0) is 31.3. The Labute approximate surface area is 274 Å². The highest BCUT2D eigenvalue weighted by Crippen LogP contribution is 2.34. The number of nitrogens with one attached hydrogen (secondary N) is 2. The number of rotatable bonds is 9. The minimum Gasteiger partial charge on any atom is -0.357 e. The number of hydrogen-bond acceptors (Lipinski definition) is 5. The minimum absolute atomic E-state index is 0.272. The summed E-state index contributed by atoms with van der Waals surface area (Å²) in [6.45, 7) is 0. The Morgan fingerprint density at radius 2 is 1.60 bits per heavy atom. The SMILES string of the molecule is CNC(=O)C(Cc1ccc(-c2ccccc2)cc1)NC(=O)c1ccc(-c2cc(-c3cccnc3)nn2-c2ccc(Cl)c(Cl)c2)s1. The summed E-state index contributed by atoms with van der Waals surface area (Å²) in [7, 11) is 1.56. The van der Waals surface area contributed by atoms with Gasteiger partial charge in [-0.05, 0) is 65.2 Å². The molecule has 224 valence electrons. The molecule has 6 aromatic rings. The summed E-state index contributed by atoms with van der Waals surface area (Å²) in [5, 5.41) is 11.3. The Hall–Kier alpha value is -4.76. The fraction of sp³-hybridized carbons (Fsp3) is 0.0857. The first-order valence-electron chi connectivity index (χ1n) is 14.1. The molecule has 2 amide bonds. The molecular formula is C35H27Cl2N5O2S. The molecule has 7 nitrogen and oxygen atoms in total. The zero-order valence-corrected chi connectivity index (χ0v) is 26.4. The van der Waals surface area contributed by atoms with E-state index in [1.54, 1.807) is 42.3 Å². The zero-order valence-electron chi connectivity index (χ0n) is 24.1. The lowest BCUT2D eigenvalue weighted by atomic mass is 10.0. The summed E-state index contributed by atoms with van der Waals surface area (Å²) in [5.41, 5.74) is 6.16. The summed E-state index contributed by atoms with van der Waals surface area (Å²) in [6, 6.07) is 32.0. The molecule has 10 heteroatoms. The predicted molar refractivity (Wildman–Crippen MR) is 181 cm³/mol. The highest BCUT2D eigenvalue weighted by atomic mass is 35.5. The number of carbonyl (C=O) groups is 2. The largest absolute Gasteiger partial charge is 0.357 e. The molecule has 1 unspecified atom stereocenters. The van der Waals surface area contributed by atoms with Crippen molar-refractivity contribution in [3.05, 3.63) is 136 Å². The molecule has 0 aliphatic rings. The topological polar surface area (TPSA) is 88.9 Å². The van der Waals surface area contributed by atoms with E-state index >= 15 is 0 Å². The first-order valence-corrected chi connectivity index (χ1v) is 15.7. The number of benzene rings is 3. The van der Waals surface area contributed by atoms with E-state index in [-0.39, 0.29) is 11.8 Å². The molecule has 0 bridgehead atoms. The lowest BCUT2D eigenvalue weighted by Crippen LogP contribution is -2.46. The van der Waals surface area contributed by atoms with Crippen LogP contribution in [0.4, 0.5) is 0 Å². The van der Waals surface area contributed by atoms with Crippen molar-refractivity contribution in [3.63, 3.8) is 0 Å². The quantitative estimate of drug-likeness (QED) is 0.167. The van der Waals surface area contributed by atoms with Gasteiger partial charge in [0, 0.05) is 31.4 Å². The summed E-state index contributed by atoms with van der Waals surface area (Å²) in [5.74, 6) is -0.611. The molecule has 3 heterocycles. The van der Waals surface area contributed by atoms with Crippen molar-refractivity contribution in [1.29, 1.82) is 0 Å². The van der Waals surface area contributed by atoms with Crippen molar-refractivity contribution >= 4 is 46.4 Å². The second kappa shape index (κ2) is 13.5. The van der Waals surface area contributed by atoms with E-state index in [9.17, 15) is 9.59 Å². The molecule has 45 heavy (non-hydrogen) atoms. The van der Waals surface area contributed by atoms with Gasteiger partial charge in [-0.15, -0.1) is 11.3 Å².